The molecule has 9 heteroatoms. The van der Waals surface area contributed by atoms with Gasteiger partial charge in [-0.25, -0.2) is 0 Å². The lowest BCUT2D eigenvalue weighted by Crippen LogP contribution is -2.19. The normalized spacial score (nSPS) is 14.1. The SMILES string of the molecule is CC(CSCCCS)C(=O)OCCOP(O)OCCN(C)C. The van der Waals surface area contributed by atoms with E-state index in [9.17, 15) is 9.69 Å². The maximum absolute atomic E-state index is 11.7. The highest BCUT2D eigenvalue weighted by atomic mass is 32.2. The van der Waals surface area contributed by atoms with Crippen LogP contribution in [0.2, 0.25) is 0 Å². The number of carbonyl (C=O) groups is 1. The summed E-state index contributed by atoms with van der Waals surface area (Å²) in [6, 6.07) is 0. The summed E-state index contributed by atoms with van der Waals surface area (Å²) in [6.45, 7) is 3.21. The van der Waals surface area contributed by atoms with Gasteiger partial charge in [-0.05, 0) is 32.0 Å². The quantitative estimate of drug-likeness (QED) is 0.209. The maximum Gasteiger partial charge on any atom is 0.330 e. The Balaban J connectivity index is 3.54. The summed E-state index contributed by atoms with van der Waals surface area (Å²) in [4.78, 5) is 23.1. The van der Waals surface area contributed by atoms with E-state index in [1.807, 2.05) is 25.9 Å². The summed E-state index contributed by atoms with van der Waals surface area (Å²) < 4.78 is 15.2. The van der Waals surface area contributed by atoms with Gasteiger partial charge in [-0.15, -0.1) is 0 Å². The highest BCUT2D eigenvalue weighted by Crippen LogP contribution is 2.31. The minimum absolute atomic E-state index is 0.126. The Labute approximate surface area is 144 Å². The van der Waals surface area contributed by atoms with Gasteiger partial charge in [-0.2, -0.15) is 24.4 Å². The molecule has 0 bridgehead atoms. The van der Waals surface area contributed by atoms with Crippen molar-refractivity contribution in [3.63, 3.8) is 0 Å². The average molecular weight is 373 g/mol. The fourth-order valence-electron chi connectivity index (χ4n) is 1.23. The third-order valence-electron chi connectivity index (χ3n) is 2.49. The first-order valence-electron chi connectivity index (χ1n) is 7.22. The van der Waals surface area contributed by atoms with E-state index in [4.69, 9.17) is 13.8 Å². The van der Waals surface area contributed by atoms with Crippen molar-refractivity contribution in [3.8, 4) is 0 Å². The van der Waals surface area contributed by atoms with E-state index in [2.05, 4.69) is 12.6 Å². The van der Waals surface area contributed by atoms with Crippen LogP contribution in [0.4, 0.5) is 0 Å². The van der Waals surface area contributed by atoms with Crippen LogP contribution in [0, 0.1) is 5.92 Å². The molecule has 0 spiro atoms. The highest BCUT2D eigenvalue weighted by molar-refractivity contribution is 7.99. The van der Waals surface area contributed by atoms with Gasteiger partial charge in [-0.3, -0.25) is 4.79 Å². The fraction of sp³-hybridized carbons (Fsp3) is 0.923. The lowest BCUT2D eigenvalue weighted by Gasteiger charge is -2.14. The zero-order chi connectivity index (χ0) is 16.8. The number of hydrogen-bond donors (Lipinski definition) is 2. The van der Waals surface area contributed by atoms with Gasteiger partial charge >= 0.3 is 14.6 Å². The van der Waals surface area contributed by atoms with E-state index in [1.165, 1.54) is 0 Å². The second kappa shape index (κ2) is 15.0. The van der Waals surface area contributed by atoms with Crippen LogP contribution in [0.25, 0.3) is 0 Å². The number of ether oxygens (including phenoxy) is 1. The summed E-state index contributed by atoms with van der Waals surface area (Å²) in [5, 5.41) is 0. The third kappa shape index (κ3) is 14.1. The summed E-state index contributed by atoms with van der Waals surface area (Å²) in [5.74, 6) is 2.23. The number of rotatable bonds is 14. The Morgan fingerprint density at radius 2 is 2.00 bits per heavy atom. The van der Waals surface area contributed by atoms with Crippen molar-refractivity contribution in [2.24, 2.45) is 5.92 Å². The summed E-state index contributed by atoms with van der Waals surface area (Å²) >= 11 is 5.87. The van der Waals surface area contributed by atoms with Crippen LogP contribution in [0.5, 0.6) is 0 Å². The lowest BCUT2D eigenvalue weighted by molar-refractivity contribution is -0.147. The molecule has 6 nitrogen and oxygen atoms in total. The molecule has 22 heavy (non-hydrogen) atoms. The first kappa shape index (κ1) is 22.4. The van der Waals surface area contributed by atoms with Crippen LogP contribution >= 0.6 is 33.0 Å². The number of carbonyl (C=O) groups excluding carboxylic acids is 1. The molecule has 0 heterocycles. The van der Waals surface area contributed by atoms with Crippen LogP contribution in [0.1, 0.15) is 13.3 Å². The Morgan fingerprint density at radius 1 is 1.32 bits per heavy atom. The van der Waals surface area contributed by atoms with E-state index >= 15 is 0 Å². The van der Waals surface area contributed by atoms with Crippen molar-refractivity contribution in [2.45, 2.75) is 13.3 Å². The van der Waals surface area contributed by atoms with Crippen LogP contribution < -0.4 is 0 Å². The minimum Gasteiger partial charge on any atom is -0.463 e. The van der Waals surface area contributed by atoms with Gasteiger partial charge < -0.3 is 23.6 Å². The van der Waals surface area contributed by atoms with Crippen LogP contribution in [0.15, 0.2) is 0 Å². The summed E-state index contributed by atoms with van der Waals surface area (Å²) in [6.07, 6.45) is 1.04. The van der Waals surface area contributed by atoms with Gasteiger partial charge in [0.1, 0.15) is 6.61 Å². The predicted octanol–water partition coefficient (Wildman–Crippen LogP) is 2.03. The molecule has 1 N–H and O–H groups in total. The van der Waals surface area contributed by atoms with Gasteiger partial charge in [-0.1, -0.05) is 6.92 Å². The number of hydrogen-bond acceptors (Lipinski definition) is 8. The monoisotopic (exact) mass is 373 g/mol. The standard InChI is InChI=1S/C13H28NO5PS2/c1-12(11-22-10-4-9-21)13(15)17-7-8-19-20(16)18-6-5-14(2)3/h12,16,21H,4-11H2,1-3H3. The Kier molecular flexibility index (Phi) is 15.3. The molecule has 0 aliphatic heterocycles. The zero-order valence-electron chi connectivity index (χ0n) is 13.6. The molecule has 0 saturated heterocycles. The molecule has 0 fully saturated rings. The molecule has 0 aliphatic rings. The van der Waals surface area contributed by atoms with Crippen molar-refractivity contribution < 1.29 is 23.5 Å². The second-order valence-corrected chi connectivity index (χ2v) is 7.52. The van der Waals surface area contributed by atoms with E-state index in [0.717, 1.165) is 23.7 Å². The molecule has 0 saturated carbocycles. The van der Waals surface area contributed by atoms with Crippen molar-refractivity contribution >= 4 is 39.0 Å². The summed E-state index contributed by atoms with van der Waals surface area (Å²) in [7, 11) is 1.94. The molecule has 0 amide bonds. The fourth-order valence-corrected chi connectivity index (χ4v) is 3.15. The maximum atomic E-state index is 11.7. The number of esters is 1. The minimum atomic E-state index is -1.90. The van der Waals surface area contributed by atoms with Crippen LogP contribution in [-0.2, 0) is 18.6 Å². The molecule has 0 aromatic rings. The first-order valence-corrected chi connectivity index (χ1v) is 10.1. The average Bonchev–Trinajstić information content (AvgIpc) is 2.47. The largest absolute Gasteiger partial charge is 0.463 e. The van der Waals surface area contributed by atoms with Crippen molar-refractivity contribution in [1.82, 2.24) is 4.90 Å². The molecule has 0 aromatic carbocycles. The highest BCUT2D eigenvalue weighted by Gasteiger charge is 2.14. The Bertz CT molecular complexity index is 287. The van der Waals surface area contributed by atoms with E-state index in [0.29, 0.717) is 13.2 Å². The Hall–Kier alpha value is 0.440. The van der Waals surface area contributed by atoms with E-state index in [1.54, 1.807) is 11.8 Å². The molecular formula is C13H28NO5PS2. The Morgan fingerprint density at radius 3 is 2.64 bits per heavy atom. The molecule has 2 unspecified atom stereocenters. The van der Waals surface area contributed by atoms with Gasteiger partial charge in [0.25, 0.3) is 0 Å². The van der Waals surface area contributed by atoms with Crippen LogP contribution in [-0.4, -0.2) is 73.5 Å². The molecule has 132 valence electrons. The number of nitrogens with zero attached hydrogens (tertiary/aromatic N) is 1. The third-order valence-corrected chi connectivity index (χ3v) is 4.92. The van der Waals surface area contributed by atoms with E-state index < -0.39 is 8.60 Å². The van der Waals surface area contributed by atoms with E-state index in [-0.39, 0.29) is 25.1 Å². The molecule has 0 rings (SSSR count). The molecule has 2 atom stereocenters. The van der Waals surface area contributed by atoms with Crippen LogP contribution in [0.3, 0.4) is 0 Å². The second-order valence-electron chi connectivity index (χ2n) is 4.93. The molecule has 0 radical (unpaired) electrons. The molecule has 0 aliphatic carbocycles. The number of thioether (sulfide) groups is 1. The first-order chi connectivity index (χ1) is 10.5. The molecule has 0 aromatic heterocycles. The van der Waals surface area contributed by atoms with Gasteiger partial charge in [0, 0.05) is 12.3 Å². The van der Waals surface area contributed by atoms with Gasteiger partial charge in [0.15, 0.2) is 0 Å². The molecular weight excluding hydrogens is 345 g/mol. The van der Waals surface area contributed by atoms with Crippen molar-refractivity contribution in [3.05, 3.63) is 0 Å². The summed E-state index contributed by atoms with van der Waals surface area (Å²) in [5.41, 5.74) is 0. The van der Waals surface area contributed by atoms with Gasteiger partial charge in [0.2, 0.25) is 0 Å². The number of likely N-dealkylation sites (N-methyl/N-ethyl adjacent to an activating group) is 1. The smallest absolute Gasteiger partial charge is 0.330 e. The lowest BCUT2D eigenvalue weighted by atomic mass is 10.2. The van der Waals surface area contributed by atoms with Crippen molar-refractivity contribution in [2.75, 3.05) is 57.7 Å². The van der Waals surface area contributed by atoms with Crippen molar-refractivity contribution in [1.29, 1.82) is 0 Å². The number of thiol groups is 1. The van der Waals surface area contributed by atoms with Gasteiger partial charge in [0.05, 0.1) is 19.1 Å². The topological polar surface area (TPSA) is 68.2 Å². The predicted molar refractivity (Wildman–Crippen MR) is 95.5 cm³/mol. The zero-order valence-corrected chi connectivity index (χ0v) is 16.2.